The molecule has 0 heterocycles. The molecule has 5 nitrogen and oxygen atoms in total. The first-order valence-corrected chi connectivity index (χ1v) is 11.2. The summed E-state index contributed by atoms with van der Waals surface area (Å²) >= 11 is 0. The molecular weight excluding hydrogens is 364 g/mol. The monoisotopic (exact) mass is 400 g/mol. The molecule has 3 aliphatic carbocycles. The number of phenolic OH excluding ortho intramolecular Hbond substituents is 1. The van der Waals surface area contributed by atoms with Crippen LogP contribution >= 0.6 is 0 Å². The molecule has 4 N–H and O–H groups in total. The van der Waals surface area contributed by atoms with Crippen molar-refractivity contribution in [2.75, 3.05) is 7.11 Å². The summed E-state index contributed by atoms with van der Waals surface area (Å²) in [6, 6.07) is 3.76. The van der Waals surface area contributed by atoms with Gasteiger partial charge in [-0.2, -0.15) is 0 Å². The van der Waals surface area contributed by atoms with Crippen molar-refractivity contribution < 1.29 is 14.6 Å². The molecule has 1 amide bonds. The van der Waals surface area contributed by atoms with E-state index in [4.69, 9.17) is 10.5 Å². The zero-order chi connectivity index (χ0) is 20.9. The summed E-state index contributed by atoms with van der Waals surface area (Å²) in [5.74, 6) is 2.76. The average molecular weight is 401 g/mol. The molecule has 4 unspecified atom stereocenters. The fraction of sp³-hybridized carbons (Fsp3) is 0.708. The molecule has 4 rings (SSSR count). The fourth-order valence-corrected chi connectivity index (χ4v) is 6.56. The predicted octanol–water partition coefficient (Wildman–Crippen LogP) is 3.73. The summed E-state index contributed by atoms with van der Waals surface area (Å²) in [5, 5.41) is 13.5. The van der Waals surface area contributed by atoms with Gasteiger partial charge in [0.25, 0.3) is 0 Å². The van der Waals surface area contributed by atoms with Crippen LogP contribution in [-0.4, -0.2) is 30.2 Å². The van der Waals surface area contributed by atoms with Gasteiger partial charge in [-0.1, -0.05) is 20.8 Å². The third kappa shape index (κ3) is 3.31. The lowest BCUT2D eigenvalue weighted by Crippen LogP contribution is -2.54. The topological polar surface area (TPSA) is 84.6 Å². The van der Waals surface area contributed by atoms with Crippen LogP contribution in [-0.2, 0) is 11.2 Å². The van der Waals surface area contributed by atoms with Crippen LogP contribution in [0.5, 0.6) is 11.5 Å². The Bertz CT molecular complexity index is 793. The quantitative estimate of drug-likeness (QED) is 0.719. The highest BCUT2D eigenvalue weighted by atomic mass is 16.5. The Morgan fingerprint density at radius 2 is 2.03 bits per heavy atom. The zero-order valence-electron chi connectivity index (χ0n) is 18.2. The van der Waals surface area contributed by atoms with Crippen molar-refractivity contribution in [1.82, 2.24) is 5.32 Å². The number of carbonyl (C=O) groups is 1. The van der Waals surface area contributed by atoms with E-state index in [2.05, 4.69) is 18.3 Å². The lowest BCUT2D eigenvalue weighted by molar-refractivity contribution is -0.125. The van der Waals surface area contributed by atoms with E-state index in [1.165, 1.54) is 17.5 Å². The number of nitrogens with two attached hydrogens (primary N) is 1. The molecule has 0 aliphatic heterocycles. The summed E-state index contributed by atoms with van der Waals surface area (Å²) in [7, 11) is 1.62. The Morgan fingerprint density at radius 3 is 2.72 bits per heavy atom. The van der Waals surface area contributed by atoms with Gasteiger partial charge in [0, 0.05) is 6.04 Å². The number of ether oxygens (including phenoxy) is 1. The average Bonchev–Trinajstić information content (AvgIpc) is 3.02. The number of amides is 1. The number of phenols is 1. The normalized spacial score (nSPS) is 34.1. The molecule has 5 heteroatoms. The van der Waals surface area contributed by atoms with E-state index < -0.39 is 6.04 Å². The lowest BCUT2D eigenvalue weighted by Gasteiger charge is -2.51. The van der Waals surface area contributed by atoms with Crippen molar-refractivity contribution in [2.45, 2.75) is 77.3 Å². The van der Waals surface area contributed by atoms with Gasteiger partial charge in [0.1, 0.15) is 0 Å². The standard InChI is InChI=1S/C24H36N2O3/c1-13(2)22(25)23(28)26-21-8-7-18-16-6-5-14-11-19(27)20(29-4)12-17(14)15(16)9-10-24(18,21)3/h11-13,15-16,18,21-22,27H,5-10,25H2,1-4H3,(H,26,28)/t15?,16?,18?,21-,22?,24-/m0/s1. The number of methoxy groups -OCH3 is 1. The van der Waals surface area contributed by atoms with E-state index in [9.17, 15) is 9.90 Å². The van der Waals surface area contributed by atoms with Crippen LogP contribution in [0.15, 0.2) is 12.1 Å². The van der Waals surface area contributed by atoms with Gasteiger partial charge in [-0.25, -0.2) is 0 Å². The van der Waals surface area contributed by atoms with Crippen LogP contribution in [0.1, 0.15) is 69.9 Å². The molecule has 0 saturated heterocycles. The molecule has 1 aromatic carbocycles. The SMILES string of the molecule is COc1cc2c(cc1O)CCC1C2CC[C@@]2(C)C1CC[C@@H]2NC(=O)C(N)C(C)C. The summed E-state index contributed by atoms with van der Waals surface area (Å²) in [4.78, 5) is 12.6. The van der Waals surface area contributed by atoms with Crippen LogP contribution in [0.2, 0.25) is 0 Å². The number of hydrogen-bond acceptors (Lipinski definition) is 4. The lowest BCUT2D eigenvalue weighted by atomic mass is 9.55. The molecule has 29 heavy (non-hydrogen) atoms. The highest BCUT2D eigenvalue weighted by Gasteiger charge is 2.55. The Kier molecular flexibility index (Phi) is 5.30. The van der Waals surface area contributed by atoms with Crippen molar-refractivity contribution in [2.24, 2.45) is 28.9 Å². The number of nitrogens with one attached hydrogen (secondary N) is 1. The van der Waals surface area contributed by atoms with Crippen LogP contribution < -0.4 is 15.8 Å². The van der Waals surface area contributed by atoms with E-state index in [0.717, 1.165) is 32.1 Å². The van der Waals surface area contributed by atoms with Crippen molar-refractivity contribution in [1.29, 1.82) is 0 Å². The minimum atomic E-state index is -0.435. The molecule has 0 radical (unpaired) electrons. The molecule has 160 valence electrons. The van der Waals surface area contributed by atoms with Crippen LogP contribution in [0.3, 0.4) is 0 Å². The maximum absolute atomic E-state index is 12.6. The minimum absolute atomic E-state index is 0.00296. The number of aryl methyl sites for hydroxylation is 1. The van der Waals surface area contributed by atoms with Crippen molar-refractivity contribution in [3.05, 3.63) is 23.3 Å². The Balaban J connectivity index is 1.56. The molecule has 6 atom stereocenters. The Hall–Kier alpha value is -1.75. The minimum Gasteiger partial charge on any atom is -0.504 e. The molecule has 2 fully saturated rings. The largest absolute Gasteiger partial charge is 0.504 e. The van der Waals surface area contributed by atoms with E-state index in [-0.39, 0.29) is 29.0 Å². The maximum Gasteiger partial charge on any atom is 0.237 e. The number of carbonyl (C=O) groups excluding carboxylic acids is 1. The summed E-state index contributed by atoms with van der Waals surface area (Å²) < 4.78 is 5.39. The number of benzene rings is 1. The number of rotatable bonds is 4. The van der Waals surface area contributed by atoms with Gasteiger partial charge in [-0.05, 0) is 90.9 Å². The summed E-state index contributed by atoms with van der Waals surface area (Å²) in [6.45, 7) is 6.39. The first-order valence-electron chi connectivity index (χ1n) is 11.2. The van der Waals surface area contributed by atoms with Gasteiger partial charge in [-0.15, -0.1) is 0 Å². The van der Waals surface area contributed by atoms with Crippen LogP contribution in [0.4, 0.5) is 0 Å². The molecule has 1 aromatic rings. The third-order valence-electron chi connectivity index (χ3n) is 8.36. The maximum atomic E-state index is 12.6. The van der Waals surface area contributed by atoms with E-state index >= 15 is 0 Å². The zero-order valence-corrected chi connectivity index (χ0v) is 18.2. The first kappa shape index (κ1) is 20.5. The van der Waals surface area contributed by atoms with Crippen molar-refractivity contribution in [3.8, 4) is 11.5 Å². The second kappa shape index (κ2) is 7.50. The van der Waals surface area contributed by atoms with E-state index in [1.54, 1.807) is 7.11 Å². The molecule has 0 aromatic heterocycles. The van der Waals surface area contributed by atoms with E-state index in [1.807, 2.05) is 19.9 Å². The second-order valence-corrected chi connectivity index (χ2v) is 10.1. The van der Waals surface area contributed by atoms with Gasteiger partial charge >= 0.3 is 0 Å². The van der Waals surface area contributed by atoms with Gasteiger partial charge in [0.05, 0.1) is 13.2 Å². The van der Waals surface area contributed by atoms with Crippen LogP contribution in [0.25, 0.3) is 0 Å². The predicted molar refractivity (Wildman–Crippen MR) is 114 cm³/mol. The summed E-state index contributed by atoms with van der Waals surface area (Å²) in [5.41, 5.74) is 8.89. The molecule has 0 spiro atoms. The van der Waals surface area contributed by atoms with Gasteiger partial charge < -0.3 is 20.9 Å². The Labute approximate surface area is 174 Å². The highest BCUT2D eigenvalue weighted by Crippen LogP contribution is 2.61. The Morgan fingerprint density at radius 1 is 1.28 bits per heavy atom. The van der Waals surface area contributed by atoms with Gasteiger partial charge in [-0.3, -0.25) is 4.79 Å². The first-order chi connectivity index (χ1) is 13.8. The van der Waals surface area contributed by atoms with E-state index in [0.29, 0.717) is 23.5 Å². The number of fused-ring (bicyclic) bond motifs is 5. The smallest absolute Gasteiger partial charge is 0.237 e. The molecule has 0 bridgehead atoms. The molecule has 3 aliphatic rings. The highest BCUT2D eigenvalue weighted by molar-refractivity contribution is 5.82. The van der Waals surface area contributed by atoms with Gasteiger partial charge in [0.2, 0.25) is 5.91 Å². The molecular formula is C24H36N2O3. The van der Waals surface area contributed by atoms with Gasteiger partial charge in [0.15, 0.2) is 11.5 Å². The third-order valence-corrected chi connectivity index (χ3v) is 8.36. The fourth-order valence-electron chi connectivity index (χ4n) is 6.56. The van der Waals surface area contributed by atoms with Crippen molar-refractivity contribution in [3.63, 3.8) is 0 Å². The second-order valence-electron chi connectivity index (χ2n) is 10.1. The number of hydrogen-bond donors (Lipinski definition) is 3. The summed E-state index contributed by atoms with van der Waals surface area (Å²) in [6.07, 6.45) is 6.63. The number of aromatic hydroxyl groups is 1. The molecule has 2 saturated carbocycles. The van der Waals surface area contributed by atoms with Crippen molar-refractivity contribution >= 4 is 5.91 Å². The van der Waals surface area contributed by atoms with Crippen LogP contribution in [0, 0.1) is 23.2 Å².